The number of nitrogens with zero attached hydrogens (tertiary/aromatic N) is 1. The molecular formula is C8H4ClF2NO2. The van der Waals surface area contributed by atoms with Crippen molar-refractivity contribution in [3.63, 3.8) is 0 Å². The van der Waals surface area contributed by atoms with E-state index in [0.717, 1.165) is 18.2 Å². The summed E-state index contributed by atoms with van der Waals surface area (Å²) in [5.74, 6) is -2.19. The summed E-state index contributed by atoms with van der Waals surface area (Å²) < 4.78 is 25.2. The Morgan fingerprint density at radius 2 is 1.93 bits per heavy atom. The van der Waals surface area contributed by atoms with Gasteiger partial charge in [-0.15, -0.1) is 0 Å². The molecule has 0 aliphatic carbocycles. The van der Waals surface area contributed by atoms with E-state index in [4.69, 9.17) is 11.6 Å². The van der Waals surface area contributed by atoms with Gasteiger partial charge in [0.25, 0.3) is 0 Å². The maximum atomic E-state index is 12.6. The molecule has 6 heteroatoms. The highest BCUT2D eigenvalue weighted by Gasteiger charge is 2.06. The number of rotatable bonds is 2. The van der Waals surface area contributed by atoms with Crippen LogP contribution >= 0.6 is 11.6 Å². The molecule has 0 saturated heterocycles. The molecule has 0 unspecified atom stereocenters. The van der Waals surface area contributed by atoms with E-state index in [1.807, 2.05) is 0 Å². The molecule has 14 heavy (non-hydrogen) atoms. The maximum absolute atomic E-state index is 12.6. The SMILES string of the molecule is O=[N+]([O-])C=Cc1cc(F)c(F)cc1Cl. The lowest BCUT2D eigenvalue weighted by Crippen LogP contribution is -1.88. The lowest BCUT2D eigenvalue weighted by Gasteiger charge is -1.98. The van der Waals surface area contributed by atoms with Gasteiger partial charge in [-0.3, -0.25) is 10.1 Å². The zero-order valence-corrected chi connectivity index (χ0v) is 7.46. The lowest BCUT2D eigenvalue weighted by atomic mass is 10.2. The summed E-state index contributed by atoms with van der Waals surface area (Å²) in [5, 5.41) is 9.86. The van der Waals surface area contributed by atoms with Crippen LogP contribution in [-0.4, -0.2) is 4.92 Å². The number of benzene rings is 1. The molecule has 1 aromatic rings. The topological polar surface area (TPSA) is 43.1 Å². The fraction of sp³-hybridized carbons (Fsp3) is 0. The Labute approximate surface area is 82.8 Å². The molecule has 0 N–H and O–H groups in total. The zero-order chi connectivity index (χ0) is 10.7. The Morgan fingerprint density at radius 1 is 1.36 bits per heavy atom. The molecule has 0 atom stereocenters. The van der Waals surface area contributed by atoms with Crippen LogP contribution in [0.5, 0.6) is 0 Å². The summed E-state index contributed by atoms with van der Waals surface area (Å²) >= 11 is 5.50. The van der Waals surface area contributed by atoms with Crippen LogP contribution in [0.2, 0.25) is 5.02 Å². The third kappa shape index (κ3) is 2.50. The second-order valence-electron chi connectivity index (χ2n) is 2.39. The molecule has 0 radical (unpaired) electrons. The first-order chi connectivity index (χ1) is 6.50. The fourth-order valence-electron chi connectivity index (χ4n) is 0.807. The first-order valence-corrected chi connectivity index (χ1v) is 3.84. The molecule has 0 saturated carbocycles. The quantitative estimate of drug-likeness (QED) is 0.436. The van der Waals surface area contributed by atoms with E-state index in [-0.39, 0.29) is 10.6 Å². The van der Waals surface area contributed by atoms with E-state index in [1.165, 1.54) is 0 Å². The van der Waals surface area contributed by atoms with E-state index in [1.54, 1.807) is 0 Å². The highest BCUT2D eigenvalue weighted by Crippen LogP contribution is 2.21. The van der Waals surface area contributed by atoms with Gasteiger partial charge in [0, 0.05) is 11.6 Å². The minimum absolute atomic E-state index is 0.0577. The molecule has 0 heterocycles. The predicted molar refractivity (Wildman–Crippen MR) is 47.4 cm³/mol. The summed E-state index contributed by atoms with van der Waals surface area (Å²) in [6.45, 7) is 0. The van der Waals surface area contributed by atoms with Crippen molar-refractivity contribution < 1.29 is 13.7 Å². The van der Waals surface area contributed by atoms with Crippen molar-refractivity contribution in [3.05, 3.63) is 50.7 Å². The summed E-state index contributed by atoms with van der Waals surface area (Å²) in [4.78, 5) is 9.22. The lowest BCUT2D eigenvalue weighted by molar-refractivity contribution is -0.400. The van der Waals surface area contributed by atoms with Crippen LogP contribution in [0.3, 0.4) is 0 Å². The number of nitro groups is 1. The van der Waals surface area contributed by atoms with Crippen molar-refractivity contribution in [1.82, 2.24) is 0 Å². The van der Waals surface area contributed by atoms with Crippen molar-refractivity contribution in [2.75, 3.05) is 0 Å². The Balaban J connectivity index is 3.10. The van der Waals surface area contributed by atoms with Crippen molar-refractivity contribution in [3.8, 4) is 0 Å². The monoisotopic (exact) mass is 219 g/mol. The van der Waals surface area contributed by atoms with Crippen LogP contribution < -0.4 is 0 Å². The standard InChI is InChI=1S/C8H4ClF2NO2/c9-6-4-8(11)7(10)3-5(6)1-2-12(13)14/h1-4H. The molecule has 0 aromatic heterocycles. The molecule has 74 valence electrons. The Morgan fingerprint density at radius 3 is 2.50 bits per heavy atom. The minimum Gasteiger partial charge on any atom is -0.259 e. The van der Waals surface area contributed by atoms with Gasteiger partial charge >= 0.3 is 0 Å². The molecular weight excluding hydrogens is 216 g/mol. The van der Waals surface area contributed by atoms with Gasteiger partial charge in [-0.2, -0.15) is 0 Å². The van der Waals surface area contributed by atoms with E-state index >= 15 is 0 Å². The van der Waals surface area contributed by atoms with Gasteiger partial charge in [0.15, 0.2) is 11.6 Å². The maximum Gasteiger partial charge on any atom is 0.235 e. The van der Waals surface area contributed by atoms with Crippen LogP contribution in [0, 0.1) is 21.7 Å². The van der Waals surface area contributed by atoms with Crippen molar-refractivity contribution in [1.29, 1.82) is 0 Å². The highest BCUT2D eigenvalue weighted by atomic mass is 35.5. The van der Waals surface area contributed by atoms with E-state index in [0.29, 0.717) is 6.20 Å². The number of hydrogen-bond acceptors (Lipinski definition) is 2. The molecule has 0 bridgehead atoms. The highest BCUT2D eigenvalue weighted by molar-refractivity contribution is 6.32. The predicted octanol–water partition coefficient (Wildman–Crippen LogP) is 2.87. The Bertz CT molecular complexity index is 407. The van der Waals surface area contributed by atoms with E-state index < -0.39 is 16.6 Å². The molecule has 0 aliphatic heterocycles. The van der Waals surface area contributed by atoms with Gasteiger partial charge in [0.2, 0.25) is 6.20 Å². The van der Waals surface area contributed by atoms with Gasteiger partial charge in [-0.25, -0.2) is 8.78 Å². The van der Waals surface area contributed by atoms with E-state index in [9.17, 15) is 18.9 Å². The zero-order valence-electron chi connectivity index (χ0n) is 6.71. The van der Waals surface area contributed by atoms with Gasteiger partial charge in [-0.1, -0.05) is 11.6 Å². The molecule has 1 aromatic carbocycles. The molecule has 0 amide bonds. The van der Waals surface area contributed by atoms with Crippen molar-refractivity contribution in [2.45, 2.75) is 0 Å². The second-order valence-corrected chi connectivity index (χ2v) is 2.80. The Kier molecular flexibility index (Phi) is 3.14. The van der Waals surface area contributed by atoms with Crippen molar-refractivity contribution >= 4 is 17.7 Å². The van der Waals surface area contributed by atoms with Crippen LogP contribution in [0.25, 0.3) is 6.08 Å². The van der Waals surface area contributed by atoms with Crippen LogP contribution in [0.1, 0.15) is 5.56 Å². The summed E-state index contributed by atoms with van der Waals surface area (Å²) in [6, 6.07) is 1.55. The molecule has 0 fully saturated rings. The third-order valence-electron chi connectivity index (χ3n) is 1.42. The van der Waals surface area contributed by atoms with E-state index in [2.05, 4.69) is 0 Å². The first kappa shape index (κ1) is 10.6. The van der Waals surface area contributed by atoms with Gasteiger partial charge < -0.3 is 0 Å². The third-order valence-corrected chi connectivity index (χ3v) is 1.74. The van der Waals surface area contributed by atoms with Crippen LogP contribution in [0.15, 0.2) is 18.3 Å². The Hall–Kier alpha value is -1.49. The molecule has 0 aliphatic rings. The van der Waals surface area contributed by atoms with Gasteiger partial charge in [0.1, 0.15) is 0 Å². The molecule has 3 nitrogen and oxygen atoms in total. The summed E-state index contributed by atoms with van der Waals surface area (Å²) in [6.07, 6.45) is 1.59. The largest absolute Gasteiger partial charge is 0.259 e. The first-order valence-electron chi connectivity index (χ1n) is 3.47. The van der Waals surface area contributed by atoms with Crippen LogP contribution in [-0.2, 0) is 0 Å². The van der Waals surface area contributed by atoms with Crippen LogP contribution in [0.4, 0.5) is 8.78 Å². The van der Waals surface area contributed by atoms with Gasteiger partial charge in [0.05, 0.1) is 9.95 Å². The average Bonchev–Trinajstić information content (AvgIpc) is 2.09. The fourth-order valence-corrected chi connectivity index (χ4v) is 1.02. The van der Waals surface area contributed by atoms with Crippen molar-refractivity contribution in [2.24, 2.45) is 0 Å². The molecule has 1 rings (SSSR count). The molecule has 0 spiro atoms. The average molecular weight is 220 g/mol. The summed E-state index contributed by atoms with van der Waals surface area (Å²) in [5.41, 5.74) is 0.0577. The normalized spacial score (nSPS) is 10.8. The minimum atomic E-state index is -1.10. The smallest absolute Gasteiger partial charge is 0.235 e. The number of hydrogen-bond donors (Lipinski definition) is 0. The second kappa shape index (κ2) is 4.15. The van der Waals surface area contributed by atoms with Gasteiger partial charge in [-0.05, 0) is 12.1 Å². The summed E-state index contributed by atoms with van der Waals surface area (Å²) in [7, 11) is 0. The number of halogens is 3.